The third-order valence-electron chi connectivity index (χ3n) is 6.85. The maximum Gasteiger partial charge on any atom is 0.266 e. The number of carbonyl (C=O) groups excluding carboxylic acids is 1. The minimum absolute atomic E-state index is 0.00572. The third kappa shape index (κ3) is 7.30. The Kier molecular flexibility index (Phi) is 9.64. The lowest BCUT2D eigenvalue weighted by molar-refractivity contribution is 0.0955. The van der Waals surface area contributed by atoms with E-state index in [0.29, 0.717) is 21.6 Å². The summed E-state index contributed by atoms with van der Waals surface area (Å²) in [6.45, 7) is 3.62. The first-order valence-electron chi connectivity index (χ1n) is 12.7. The highest BCUT2D eigenvalue weighted by molar-refractivity contribution is 7.85. The molecule has 0 saturated heterocycles. The second-order valence-electron chi connectivity index (χ2n) is 10.1. The summed E-state index contributed by atoms with van der Waals surface area (Å²) >= 11 is 18.8. The van der Waals surface area contributed by atoms with Gasteiger partial charge < -0.3 is 5.32 Å². The zero-order valence-electron chi connectivity index (χ0n) is 22.5. The number of benzene rings is 3. The first-order valence-corrected chi connectivity index (χ1v) is 15.4. The molecule has 42 heavy (non-hydrogen) atoms. The van der Waals surface area contributed by atoms with Gasteiger partial charge in [0.15, 0.2) is 0 Å². The van der Waals surface area contributed by atoms with Gasteiger partial charge in [0, 0.05) is 46.4 Å². The van der Waals surface area contributed by atoms with Crippen LogP contribution in [0, 0.1) is 11.6 Å². The smallest absolute Gasteiger partial charge is 0.266 e. The molecule has 13 heteroatoms. The van der Waals surface area contributed by atoms with Gasteiger partial charge in [-0.15, -0.1) is 0 Å². The first kappa shape index (κ1) is 31.9. The molecule has 7 nitrogen and oxygen atoms in total. The van der Waals surface area contributed by atoms with E-state index in [9.17, 15) is 17.6 Å². The van der Waals surface area contributed by atoms with Crippen LogP contribution in [0.5, 0.6) is 0 Å². The van der Waals surface area contributed by atoms with Gasteiger partial charge in [0.25, 0.3) is 16.0 Å². The first-order chi connectivity index (χ1) is 19.7. The Hall–Kier alpha value is -3.02. The summed E-state index contributed by atoms with van der Waals surface area (Å²) < 4.78 is 61.4. The van der Waals surface area contributed by atoms with E-state index >= 15 is 4.39 Å². The molecule has 1 aromatic heterocycles. The van der Waals surface area contributed by atoms with E-state index in [0.717, 1.165) is 17.3 Å². The van der Waals surface area contributed by atoms with Crippen LogP contribution in [0.15, 0.2) is 60.8 Å². The fraction of sp³-hybridized carbons (Fsp3) is 0.241. The van der Waals surface area contributed by atoms with Crippen molar-refractivity contribution in [3.63, 3.8) is 0 Å². The Morgan fingerprint density at radius 2 is 1.67 bits per heavy atom. The van der Waals surface area contributed by atoms with Crippen LogP contribution in [0.4, 0.5) is 8.78 Å². The molecule has 1 heterocycles. The van der Waals surface area contributed by atoms with Crippen molar-refractivity contribution in [1.29, 1.82) is 0 Å². The Bertz CT molecular complexity index is 1720. The SMILES string of the molecule is CC(C)(c1ccc(Cl)c(Cl)c1)c1cnc(CCc2c(F)cc(C(=O)NCCS(=O)(=O)O)cc2Cl)n1-c1ccc(F)cc1. The van der Waals surface area contributed by atoms with Crippen LogP contribution < -0.4 is 5.32 Å². The number of aryl methyl sites for hydroxylation is 1. The summed E-state index contributed by atoms with van der Waals surface area (Å²) in [4.78, 5) is 17.0. The van der Waals surface area contributed by atoms with Crippen molar-refractivity contribution in [2.45, 2.75) is 32.1 Å². The molecule has 0 unspecified atom stereocenters. The van der Waals surface area contributed by atoms with E-state index in [4.69, 9.17) is 39.4 Å². The summed E-state index contributed by atoms with van der Waals surface area (Å²) in [5.41, 5.74) is 1.72. The van der Waals surface area contributed by atoms with Crippen molar-refractivity contribution in [2.24, 2.45) is 0 Å². The molecule has 0 atom stereocenters. The van der Waals surface area contributed by atoms with Gasteiger partial charge in [0.2, 0.25) is 0 Å². The van der Waals surface area contributed by atoms with Crippen LogP contribution in [0.3, 0.4) is 0 Å². The molecule has 0 aliphatic heterocycles. The van der Waals surface area contributed by atoms with Gasteiger partial charge in [0.05, 0.1) is 21.5 Å². The second-order valence-corrected chi connectivity index (χ2v) is 12.9. The summed E-state index contributed by atoms with van der Waals surface area (Å²) in [7, 11) is -4.26. The molecule has 4 rings (SSSR count). The maximum atomic E-state index is 15.1. The molecule has 4 aromatic rings. The lowest BCUT2D eigenvalue weighted by Crippen LogP contribution is -2.29. The topological polar surface area (TPSA) is 101 Å². The van der Waals surface area contributed by atoms with Crippen molar-refractivity contribution >= 4 is 50.8 Å². The predicted octanol–water partition coefficient (Wildman–Crippen LogP) is 6.84. The van der Waals surface area contributed by atoms with Crippen molar-refractivity contribution in [2.75, 3.05) is 12.3 Å². The Morgan fingerprint density at radius 3 is 2.29 bits per heavy atom. The quantitative estimate of drug-likeness (QED) is 0.182. The molecule has 222 valence electrons. The van der Waals surface area contributed by atoms with Crippen LogP contribution in [0.25, 0.3) is 5.69 Å². The number of aromatic nitrogens is 2. The molecule has 2 N–H and O–H groups in total. The number of imidazole rings is 1. The largest absolute Gasteiger partial charge is 0.351 e. The van der Waals surface area contributed by atoms with Gasteiger partial charge in [-0.2, -0.15) is 8.42 Å². The average molecular weight is 657 g/mol. The van der Waals surface area contributed by atoms with Crippen LogP contribution in [0.1, 0.15) is 46.9 Å². The van der Waals surface area contributed by atoms with Crippen LogP contribution in [-0.4, -0.2) is 40.7 Å². The number of carbonyl (C=O) groups is 1. The maximum absolute atomic E-state index is 15.1. The number of hydrogen-bond acceptors (Lipinski definition) is 4. The van der Waals surface area contributed by atoms with Crippen molar-refractivity contribution in [1.82, 2.24) is 14.9 Å². The highest BCUT2D eigenvalue weighted by atomic mass is 35.5. The molecule has 0 radical (unpaired) electrons. The Morgan fingerprint density at radius 1 is 0.976 bits per heavy atom. The molecular formula is C29H26Cl3F2N3O4S. The number of nitrogens with zero attached hydrogens (tertiary/aromatic N) is 2. The standard InChI is InChI=1S/C29H26Cl3F2N3O4S/c1-29(2,18-3-9-22(30)24(32)15-18)26-16-36-27(37(26)20-6-4-19(33)5-7-20)10-8-21-23(31)13-17(14-25(21)34)28(38)35-11-12-42(39,40)41/h3-7,9,13-16H,8,10-12H2,1-2H3,(H,35,38)(H,39,40,41). The number of hydrogen-bond donors (Lipinski definition) is 2. The van der Waals surface area contributed by atoms with E-state index in [1.165, 1.54) is 18.2 Å². The number of rotatable bonds is 10. The van der Waals surface area contributed by atoms with Gasteiger partial charge in [-0.3, -0.25) is 13.9 Å². The van der Waals surface area contributed by atoms with Crippen molar-refractivity contribution in [3.05, 3.63) is 116 Å². The number of halogens is 5. The molecule has 0 aliphatic rings. The summed E-state index contributed by atoms with van der Waals surface area (Å²) in [6, 6.07) is 13.6. The fourth-order valence-electron chi connectivity index (χ4n) is 4.52. The molecule has 0 saturated carbocycles. The minimum Gasteiger partial charge on any atom is -0.351 e. The third-order valence-corrected chi connectivity index (χ3v) is 8.65. The van der Waals surface area contributed by atoms with Gasteiger partial charge in [-0.1, -0.05) is 54.7 Å². The van der Waals surface area contributed by atoms with E-state index < -0.39 is 38.8 Å². The predicted molar refractivity (Wildman–Crippen MR) is 160 cm³/mol. The highest BCUT2D eigenvalue weighted by Gasteiger charge is 2.30. The molecule has 3 aromatic carbocycles. The normalized spacial score (nSPS) is 12.0. The van der Waals surface area contributed by atoms with Crippen molar-refractivity contribution in [3.8, 4) is 5.69 Å². The second kappa shape index (κ2) is 12.7. The van der Waals surface area contributed by atoms with E-state index in [-0.39, 0.29) is 35.5 Å². The van der Waals surface area contributed by atoms with E-state index in [2.05, 4.69) is 10.3 Å². The van der Waals surface area contributed by atoms with Gasteiger partial charge in [0.1, 0.15) is 17.5 Å². The van der Waals surface area contributed by atoms with Crippen LogP contribution in [-0.2, 0) is 28.4 Å². The Labute approximate surface area is 257 Å². The zero-order chi connectivity index (χ0) is 30.8. The number of amides is 1. The van der Waals surface area contributed by atoms with Crippen molar-refractivity contribution < 1.29 is 26.5 Å². The summed E-state index contributed by atoms with van der Waals surface area (Å²) in [6.07, 6.45) is 2.07. The number of nitrogens with one attached hydrogen (secondary N) is 1. The monoisotopic (exact) mass is 655 g/mol. The average Bonchev–Trinajstić information content (AvgIpc) is 3.34. The fourth-order valence-corrected chi connectivity index (χ4v) is 5.48. The van der Waals surface area contributed by atoms with Gasteiger partial charge >= 0.3 is 0 Å². The Balaban J connectivity index is 1.65. The molecule has 0 aliphatic carbocycles. The zero-order valence-corrected chi connectivity index (χ0v) is 25.6. The van der Waals surface area contributed by atoms with Gasteiger partial charge in [-0.25, -0.2) is 13.8 Å². The lowest BCUT2D eigenvalue weighted by atomic mass is 9.81. The highest BCUT2D eigenvalue weighted by Crippen LogP contribution is 2.37. The van der Waals surface area contributed by atoms with E-state index in [1.807, 2.05) is 24.5 Å². The van der Waals surface area contributed by atoms with Gasteiger partial charge in [-0.05, 0) is 60.5 Å². The molecule has 0 fully saturated rings. The van der Waals surface area contributed by atoms with E-state index in [1.54, 1.807) is 30.5 Å². The molecule has 0 spiro atoms. The summed E-state index contributed by atoms with van der Waals surface area (Å²) in [5.74, 6) is -1.99. The minimum atomic E-state index is -4.26. The van der Waals surface area contributed by atoms with Crippen LogP contribution in [0.2, 0.25) is 15.1 Å². The molecular weight excluding hydrogens is 631 g/mol. The molecule has 0 bridgehead atoms. The lowest BCUT2D eigenvalue weighted by Gasteiger charge is -2.28. The van der Waals surface area contributed by atoms with Crippen LogP contribution >= 0.6 is 34.8 Å². The summed E-state index contributed by atoms with van der Waals surface area (Å²) in [5, 5.41) is 3.12. The molecule has 1 amide bonds.